The minimum absolute atomic E-state index is 0.135. The van der Waals surface area contributed by atoms with Crippen molar-refractivity contribution in [1.29, 1.82) is 0 Å². The van der Waals surface area contributed by atoms with E-state index in [-0.39, 0.29) is 17.7 Å². The van der Waals surface area contributed by atoms with Gasteiger partial charge in [-0.15, -0.1) is 11.3 Å². The lowest BCUT2D eigenvalue weighted by Gasteiger charge is -2.36. The average Bonchev–Trinajstić information content (AvgIpc) is 2.90. The van der Waals surface area contributed by atoms with Crippen LogP contribution < -0.4 is 5.32 Å². The van der Waals surface area contributed by atoms with Gasteiger partial charge in [0.1, 0.15) is 4.88 Å². The average molecular weight is 282 g/mol. The molecule has 2 rings (SSSR count). The van der Waals surface area contributed by atoms with Crippen LogP contribution in [0.2, 0.25) is 0 Å². The number of rotatable bonds is 5. The van der Waals surface area contributed by atoms with Crippen molar-refractivity contribution in [2.75, 3.05) is 6.54 Å². The van der Waals surface area contributed by atoms with E-state index in [1.807, 2.05) is 0 Å². The molecule has 0 atom stereocenters. The van der Waals surface area contributed by atoms with Crippen molar-refractivity contribution in [1.82, 2.24) is 10.3 Å². The van der Waals surface area contributed by atoms with E-state index in [2.05, 4.69) is 10.3 Å². The van der Waals surface area contributed by atoms with Gasteiger partial charge < -0.3 is 10.4 Å². The Labute approximate surface area is 116 Å². The van der Waals surface area contributed by atoms with Gasteiger partial charge in [0.05, 0.1) is 18.1 Å². The van der Waals surface area contributed by atoms with Gasteiger partial charge in [-0.3, -0.25) is 14.6 Å². The summed E-state index contributed by atoms with van der Waals surface area (Å²) >= 11 is 1.29. The maximum absolute atomic E-state index is 11.9. The minimum atomic E-state index is -0.783. The Bertz CT molecular complexity index is 439. The van der Waals surface area contributed by atoms with Gasteiger partial charge in [-0.2, -0.15) is 0 Å². The zero-order valence-corrected chi connectivity index (χ0v) is 11.5. The Hall–Kier alpha value is -1.43. The summed E-state index contributed by atoms with van der Waals surface area (Å²) in [4.78, 5) is 27.4. The second-order valence-electron chi connectivity index (χ2n) is 5.18. The lowest BCUT2D eigenvalue weighted by molar-refractivity contribution is -0.140. The minimum Gasteiger partial charge on any atom is -0.481 e. The molecule has 1 saturated carbocycles. The highest BCUT2D eigenvalue weighted by Gasteiger charge is 2.34. The highest BCUT2D eigenvalue weighted by Crippen LogP contribution is 2.38. The van der Waals surface area contributed by atoms with E-state index < -0.39 is 5.97 Å². The number of carboxylic acids is 1. The van der Waals surface area contributed by atoms with E-state index in [0.29, 0.717) is 11.4 Å². The highest BCUT2D eigenvalue weighted by atomic mass is 32.1. The molecule has 2 N–H and O–H groups in total. The van der Waals surface area contributed by atoms with Gasteiger partial charge in [0.15, 0.2) is 0 Å². The van der Waals surface area contributed by atoms with Gasteiger partial charge in [-0.25, -0.2) is 0 Å². The number of carbonyl (C=O) groups is 2. The number of carbonyl (C=O) groups excluding carboxylic acids is 1. The molecule has 0 bridgehead atoms. The van der Waals surface area contributed by atoms with Crippen molar-refractivity contribution in [3.8, 4) is 0 Å². The molecule has 0 saturated heterocycles. The molecular weight excluding hydrogens is 264 g/mol. The van der Waals surface area contributed by atoms with Gasteiger partial charge in [-0.05, 0) is 18.3 Å². The summed E-state index contributed by atoms with van der Waals surface area (Å²) in [6.45, 7) is 0.441. The van der Waals surface area contributed by atoms with Crippen LogP contribution in [-0.2, 0) is 4.79 Å². The molecule has 104 valence electrons. The largest absolute Gasteiger partial charge is 0.481 e. The van der Waals surface area contributed by atoms with Crippen molar-refractivity contribution in [3.05, 3.63) is 16.6 Å². The molecule has 0 unspecified atom stereocenters. The Balaban J connectivity index is 1.96. The van der Waals surface area contributed by atoms with E-state index in [4.69, 9.17) is 5.11 Å². The van der Waals surface area contributed by atoms with Gasteiger partial charge in [0.2, 0.25) is 0 Å². The summed E-state index contributed by atoms with van der Waals surface area (Å²) in [6, 6.07) is 0. The molecule has 1 aromatic rings. The second kappa shape index (κ2) is 6.14. The molecule has 0 aromatic carbocycles. The maximum Gasteiger partial charge on any atom is 0.303 e. The lowest BCUT2D eigenvalue weighted by atomic mass is 9.71. The van der Waals surface area contributed by atoms with Crippen LogP contribution >= 0.6 is 11.3 Å². The monoisotopic (exact) mass is 282 g/mol. The van der Waals surface area contributed by atoms with Crippen molar-refractivity contribution in [2.45, 2.75) is 38.5 Å². The molecule has 1 aliphatic rings. The molecule has 19 heavy (non-hydrogen) atoms. The first-order chi connectivity index (χ1) is 9.11. The maximum atomic E-state index is 11.9. The molecule has 1 aromatic heterocycles. The third-order valence-corrected chi connectivity index (χ3v) is 4.49. The number of thiazole rings is 1. The molecule has 1 aliphatic carbocycles. The molecule has 6 heteroatoms. The van der Waals surface area contributed by atoms with Crippen LogP contribution in [0, 0.1) is 5.41 Å². The molecule has 0 aliphatic heterocycles. The van der Waals surface area contributed by atoms with Crippen LogP contribution in [0.4, 0.5) is 0 Å². The van der Waals surface area contributed by atoms with Crippen molar-refractivity contribution < 1.29 is 14.7 Å². The number of hydrogen-bond acceptors (Lipinski definition) is 4. The Morgan fingerprint density at radius 2 is 2.11 bits per heavy atom. The van der Waals surface area contributed by atoms with E-state index >= 15 is 0 Å². The molecule has 1 heterocycles. The topological polar surface area (TPSA) is 79.3 Å². The summed E-state index contributed by atoms with van der Waals surface area (Å²) < 4.78 is 0. The van der Waals surface area contributed by atoms with Gasteiger partial charge in [-0.1, -0.05) is 19.3 Å². The predicted molar refractivity (Wildman–Crippen MR) is 72.2 cm³/mol. The number of carboxylic acid groups (broad SMARTS) is 1. The number of nitrogens with one attached hydrogen (secondary N) is 1. The SMILES string of the molecule is O=C(O)CC1(CNC(=O)c2cncs2)CCCCC1. The van der Waals surface area contributed by atoms with E-state index in [1.54, 1.807) is 5.51 Å². The summed E-state index contributed by atoms with van der Waals surface area (Å²) in [5, 5.41) is 11.9. The summed E-state index contributed by atoms with van der Waals surface area (Å²) in [7, 11) is 0. The van der Waals surface area contributed by atoms with Crippen molar-refractivity contribution in [3.63, 3.8) is 0 Å². The Morgan fingerprint density at radius 1 is 1.37 bits per heavy atom. The fraction of sp³-hybridized carbons (Fsp3) is 0.615. The number of amides is 1. The fourth-order valence-electron chi connectivity index (χ4n) is 2.72. The lowest BCUT2D eigenvalue weighted by Crippen LogP contribution is -2.40. The smallest absolute Gasteiger partial charge is 0.303 e. The van der Waals surface area contributed by atoms with Gasteiger partial charge >= 0.3 is 5.97 Å². The Morgan fingerprint density at radius 3 is 2.68 bits per heavy atom. The molecule has 1 amide bonds. The highest BCUT2D eigenvalue weighted by molar-refractivity contribution is 7.11. The zero-order chi connectivity index (χ0) is 13.7. The Kier molecular flexibility index (Phi) is 4.52. The summed E-state index contributed by atoms with van der Waals surface area (Å²) in [5.74, 6) is -0.938. The number of nitrogens with zero attached hydrogens (tertiary/aromatic N) is 1. The van der Waals surface area contributed by atoms with E-state index in [1.165, 1.54) is 17.5 Å². The van der Waals surface area contributed by atoms with Gasteiger partial charge in [0.25, 0.3) is 5.91 Å². The van der Waals surface area contributed by atoms with Crippen LogP contribution in [-0.4, -0.2) is 28.5 Å². The van der Waals surface area contributed by atoms with E-state index in [9.17, 15) is 9.59 Å². The third kappa shape index (κ3) is 3.76. The fourth-order valence-corrected chi connectivity index (χ4v) is 3.26. The molecule has 0 radical (unpaired) electrons. The zero-order valence-electron chi connectivity index (χ0n) is 10.7. The van der Waals surface area contributed by atoms with Crippen LogP contribution in [0.3, 0.4) is 0 Å². The number of aliphatic carboxylic acids is 1. The van der Waals surface area contributed by atoms with Gasteiger partial charge in [0, 0.05) is 6.54 Å². The predicted octanol–water partition coefficient (Wildman–Crippen LogP) is 2.30. The van der Waals surface area contributed by atoms with Crippen LogP contribution in [0.25, 0.3) is 0 Å². The summed E-state index contributed by atoms with van der Waals surface area (Å²) in [6.07, 6.45) is 6.67. The first-order valence-electron chi connectivity index (χ1n) is 6.50. The van der Waals surface area contributed by atoms with Crippen molar-refractivity contribution >= 4 is 23.2 Å². The van der Waals surface area contributed by atoms with Crippen molar-refractivity contribution in [2.24, 2.45) is 5.41 Å². The third-order valence-electron chi connectivity index (χ3n) is 3.72. The first-order valence-corrected chi connectivity index (χ1v) is 7.38. The van der Waals surface area contributed by atoms with Crippen LogP contribution in [0.5, 0.6) is 0 Å². The molecule has 5 nitrogen and oxygen atoms in total. The standard InChI is InChI=1S/C13H18N2O3S/c16-11(17)6-13(4-2-1-3-5-13)8-15-12(18)10-7-14-9-19-10/h7,9H,1-6,8H2,(H,15,18)(H,16,17). The van der Waals surface area contributed by atoms with E-state index in [0.717, 1.165) is 32.1 Å². The molecular formula is C13H18N2O3S. The normalized spacial score (nSPS) is 17.9. The first kappa shape index (κ1) is 14.0. The van der Waals surface area contributed by atoms with Crippen LogP contribution in [0.1, 0.15) is 48.2 Å². The molecule has 1 fully saturated rings. The quantitative estimate of drug-likeness (QED) is 0.868. The van der Waals surface area contributed by atoms with Crippen LogP contribution in [0.15, 0.2) is 11.7 Å². The second-order valence-corrected chi connectivity index (χ2v) is 6.07. The molecule has 0 spiro atoms. The number of aromatic nitrogens is 1. The number of hydrogen-bond donors (Lipinski definition) is 2. The summed E-state index contributed by atoms with van der Waals surface area (Å²) in [5.41, 5.74) is 1.34.